The molecule has 3 aromatic rings. The molecule has 0 unspecified atom stereocenters. The van der Waals surface area contributed by atoms with E-state index in [0.29, 0.717) is 12.3 Å². The van der Waals surface area contributed by atoms with Crippen LogP contribution in [0.2, 0.25) is 0 Å². The number of carbonyl (C=O) groups is 1. The van der Waals surface area contributed by atoms with Crippen LogP contribution in [0.25, 0.3) is 0 Å². The lowest BCUT2D eigenvalue weighted by molar-refractivity contribution is -0.116. The number of hydrogen-bond acceptors (Lipinski definition) is 5. The number of carbonyl (C=O) groups excluding carboxylic acids is 1. The second kappa shape index (κ2) is 9.66. The molecule has 0 bridgehead atoms. The van der Waals surface area contributed by atoms with Gasteiger partial charge in [0.05, 0.1) is 18.3 Å². The third kappa shape index (κ3) is 4.67. The molecule has 2 heterocycles. The molecule has 31 heavy (non-hydrogen) atoms. The molecule has 1 aromatic heterocycles. The van der Waals surface area contributed by atoms with Gasteiger partial charge in [0.15, 0.2) is 11.0 Å². The summed E-state index contributed by atoms with van der Waals surface area (Å²) in [6.45, 7) is 3.60. The van der Waals surface area contributed by atoms with Crippen molar-refractivity contribution in [2.45, 2.75) is 37.5 Å². The molecule has 6 nitrogen and oxygen atoms in total. The number of benzene rings is 2. The monoisotopic (exact) mass is 435 g/mol. The maximum Gasteiger partial charge on any atom is 0.237 e. The summed E-state index contributed by atoms with van der Waals surface area (Å²) in [6.07, 6.45) is 1.86. The van der Waals surface area contributed by atoms with Gasteiger partial charge < -0.3 is 9.47 Å². The van der Waals surface area contributed by atoms with Crippen molar-refractivity contribution in [3.63, 3.8) is 0 Å². The van der Waals surface area contributed by atoms with Crippen molar-refractivity contribution in [3.8, 4) is 0 Å². The van der Waals surface area contributed by atoms with Crippen LogP contribution in [-0.2, 0) is 17.8 Å². The minimum atomic E-state index is 0.116. The number of para-hydroxylation sites is 1. The number of nitrogens with zero attached hydrogens (tertiary/aromatic N) is 5. The molecular formula is C24H29N5OS. The fraction of sp³-hybridized carbons (Fsp3) is 0.375. The van der Waals surface area contributed by atoms with Gasteiger partial charge in [-0.2, -0.15) is 0 Å². The highest BCUT2D eigenvalue weighted by atomic mass is 32.2. The standard InChI is InChI=1S/C24H29N5OS/c1-4-20(27(2)3)23-25-26-24(29(23)16-18-10-6-5-7-11-18)31-17-22(30)28-15-14-19-12-8-9-13-21(19)28/h5-13,20H,4,14-17H2,1-3H3/t20-/m1/s1. The van der Waals surface area contributed by atoms with Crippen molar-refractivity contribution in [2.24, 2.45) is 0 Å². The van der Waals surface area contributed by atoms with Crippen molar-refractivity contribution >= 4 is 23.4 Å². The lowest BCUT2D eigenvalue weighted by Crippen LogP contribution is -2.30. The first-order valence-corrected chi connectivity index (χ1v) is 11.7. The molecule has 162 valence electrons. The van der Waals surface area contributed by atoms with E-state index in [2.05, 4.69) is 58.9 Å². The van der Waals surface area contributed by atoms with Crippen molar-refractivity contribution in [1.29, 1.82) is 0 Å². The molecule has 0 saturated carbocycles. The van der Waals surface area contributed by atoms with Crippen molar-refractivity contribution < 1.29 is 4.79 Å². The molecule has 0 N–H and O–H groups in total. The first kappa shape index (κ1) is 21.6. The van der Waals surface area contributed by atoms with Gasteiger partial charge in [-0.3, -0.25) is 9.69 Å². The zero-order valence-corrected chi connectivity index (χ0v) is 19.2. The van der Waals surface area contributed by atoms with Crippen LogP contribution in [0.3, 0.4) is 0 Å². The quantitative estimate of drug-likeness (QED) is 0.500. The molecule has 0 fully saturated rings. The summed E-state index contributed by atoms with van der Waals surface area (Å²) < 4.78 is 2.17. The van der Waals surface area contributed by atoms with Crippen molar-refractivity contribution in [1.82, 2.24) is 19.7 Å². The first-order valence-electron chi connectivity index (χ1n) is 10.7. The van der Waals surface area contributed by atoms with Crippen LogP contribution in [0, 0.1) is 0 Å². The number of anilines is 1. The van der Waals surface area contributed by atoms with Crippen LogP contribution in [0.4, 0.5) is 5.69 Å². The van der Waals surface area contributed by atoms with Crippen LogP contribution in [0.15, 0.2) is 59.8 Å². The third-order valence-electron chi connectivity index (χ3n) is 5.75. The van der Waals surface area contributed by atoms with Crippen LogP contribution in [0.1, 0.15) is 36.3 Å². The summed E-state index contributed by atoms with van der Waals surface area (Å²) in [7, 11) is 4.13. The van der Waals surface area contributed by atoms with Gasteiger partial charge in [0.25, 0.3) is 0 Å². The van der Waals surface area contributed by atoms with Gasteiger partial charge in [-0.05, 0) is 44.1 Å². The Labute approximate surface area is 188 Å². The molecule has 1 atom stereocenters. The second-order valence-electron chi connectivity index (χ2n) is 8.01. The molecule has 0 aliphatic carbocycles. The van der Waals surface area contributed by atoms with Gasteiger partial charge in [0.2, 0.25) is 5.91 Å². The lowest BCUT2D eigenvalue weighted by Gasteiger charge is -2.23. The fourth-order valence-electron chi connectivity index (χ4n) is 4.15. The van der Waals surface area contributed by atoms with Crippen LogP contribution in [0.5, 0.6) is 0 Å². The molecule has 2 aromatic carbocycles. The molecule has 7 heteroatoms. The molecule has 1 aliphatic heterocycles. The summed E-state index contributed by atoms with van der Waals surface area (Å²) in [4.78, 5) is 17.1. The van der Waals surface area contributed by atoms with Gasteiger partial charge in [-0.1, -0.05) is 67.2 Å². The summed E-state index contributed by atoms with van der Waals surface area (Å²) in [5.74, 6) is 1.41. The molecule has 1 aliphatic rings. The number of hydrogen-bond donors (Lipinski definition) is 0. The minimum absolute atomic E-state index is 0.116. The van der Waals surface area contributed by atoms with E-state index in [1.165, 1.54) is 22.9 Å². The summed E-state index contributed by atoms with van der Waals surface area (Å²) in [5.41, 5.74) is 3.48. The van der Waals surface area contributed by atoms with E-state index < -0.39 is 0 Å². The minimum Gasteiger partial charge on any atom is -0.311 e. The molecular weight excluding hydrogens is 406 g/mol. The SMILES string of the molecule is CC[C@H](c1nnc(SCC(=O)N2CCc3ccccc32)n1Cc1ccccc1)N(C)C. The molecule has 0 saturated heterocycles. The Bertz CT molecular complexity index is 1030. The average Bonchev–Trinajstić information content (AvgIpc) is 3.38. The predicted molar refractivity (Wildman–Crippen MR) is 126 cm³/mol. The first-order chi connectivity index (χ1) is 15.1. The van der Waals surface area contributed by atoms with E-state index in [1.807, 2.05) is 41.3 Å². The zero-order chi connectivity index (χ0) is 21.8. The van der Waals surface area contributed by atoms with E-state index >= 15 is 0 Å². The highest BCUT2D eigenvalue weighted by molar-refractivity contribution is 7.99. The molecule has 4 rings (SSSR count). The highest BCUT2D eigenvalue weighted by Crippen LogP contribution is 2.30. The van der Waals surface area contributed by atoms with E-state index in [9.17, 15) is 4.79 Å². The smallest absolute Gasteiger partial charge is 0.237 e. The number of rotatable bonds is 8. The Kier molecular flexibility index (Phi) is 6.73. The molecule has 1 amide bonds. The largest absolute Gasteiger partial charge is 0.311 e. The predicted octanol–water partition coefficient (Wildman–Crippen LogP) is 4.02. The number of aromatic nitrogens is 3. The second-order valence-corrected chi connectivity index (χ2v) is 8.96. The summed E-state index contributed by atoms with van der Waals surface area (Å²) in [5, 5.41) is 9.82. The van der Waals surface area contributed by atoms with Crippen LogP contribution < -0.4 is 4.90 Å². The molecule has 0 spiro atoms. The Hall–Kier alpha value is -2.64. The Morgan fingerprint density at radius 1 is 1.10 bits per heavy atom. The van der Waals surface area contributed by atoms with Gasteiger partial charge in [0, 0.05) is 12.2 Å². The Balaban J connectivity index is 1.55. The number of thioether (sulfide) groups is 1. The molecule has 0 radical (unpaired) electrons. The lowest BCUT2D eigenvalue weighted by atomic mass is 10.2. The number of fused-ring (bicyclic) bond motifs is 1. The van der Waals surface area contributed by atoms with Crippen molar-refractivity contribution in [2.75, 3.05) is 31.3 Å². The van der Waals surface area contributed by atoms with E-state index in [4.69, 9.17) is 0 Å². The van der Waals surface area contributed by atoms with E-state index in [-0.39, 0.29) is 11.9 Å². The van der Waals surface area contributed by atoms with E-state index in [0.717, 1.165) is 36.1 Å². The van der Waals surface area contributed by atoms with Gasteiger partial charge >= 0.3 is 0 Å². The van der Waals surface area contributed by atoms with Crippen LogP contribution >= 0.6 is 11.8 Å². The van der Waals surface area contributed by atoms with E-state index in [1.54, 1.807) is 0 Å². The van der Waals surface area contributed by atoms with Gasteiger partial charge in [-0.15, -0.1) is 10.2 Å². The Morgan fingerprint density at radius 2 is 1.84 bits per heavy atom. The summed E-state index contributed by atoms with van der Waals surface area (Å²) in [6, 6.07) is 18.7. The fourth-order valence-corrected chi connectivity index (χ4v) is 4.97. The average molecular weight is 436 g/mol. The summed E-state index contributed by atoms with van der Waals surface area (Å²) >= 11 is 1.48. The highest BCUT2D eigenvalue weighted by Gasteiger charge is 2.26. The number of amides is 1. The van der Waals surface area contributed by atoms with Crippen molar-refractivity contribution in [3.05, 3.63) is 71.5 Å². The zero-order valence-electron chi connectivity index (χ0n) is 18.4. The topological polar surface area (TPSA) is 54.3 Å². The maximum atomic E-state index is 13.0. The normalized spacial score (nSPS) is 14.1. The van der Waals surface area contributed by atoms with Crippen LogP contribution in [-0.4, -0.2) is 52.0 Å². The Morgan fingerprint density at radius 3 is 2.58 bits per heavy atom. The third-order valence-corrected chi connectivity index (χ3v) is 6.70. The maximum absolute atomic E-state index is 13.0. The van der Waals surface area contributed by atoms with Gasteiger partial charge in [-0.25, -0.2) is 0 Å². The van der Waals surface area contributed by atoms with Gasteiger partial charge in [0.1, 0.15) is 0 Å².